The molecule has 0 aliphatic heterocycles. The van der Waals surface area contributed by atoms with Gasteiger partial charge in [-0.25, -0.2) is 8.78 Å². The molecule has 2 rings (SSSR count). The average molecular weight is 268 g/mol. The topological polar surface area (TPSA) is 12.0 Å². The number of rotatable bonds is 3. The van der Waals surface area contributed by atoms with Crippen LogP contribution >= 0.6 is 11.6 Å². The van der Waals surface area contributed by atoms with Gasteiger partial charge in [-0.3, -0.25) is 0 Å². The van der Waals surface area contributed by atoms with Crippen molar-refractivity contribution in [3.05, 3.63) is 70.2 Å². The Labute approximate surface area is 109 Å². The molecule has 4 heteroatoms. The maximum atomic E-state index is 13.8. The van der Waals surface area contributed by atoms with E-state index in [2.05, 4.69) is 5.32 Å². The summed E-state index contributed by atoms with van der Waals surface area (Å²) in [5.74, 6) is -0.793. The van der Waals surface area contributed by atoms with Crippen LogP contribution in [0.4, 0.5) is 8.78 Å². The highest BCUT2D eigenvalue weighted by Gasteiger charge is 2.19. The van der Waals surface area contributed by atoms with E-state index in [1.54, 1.807) is 25.2 Å². The van der Waals surface area contributed by atoms with Crippen molar-refractivity contribution in [3.63, 3.8) is 0 Å². The first-order chi connectivity index (χ1) is 8.63. The predicted molar refractivity (Wildman–Crippen MR) is 68.7 cm³/mol. The first kappa shape index (κ1) is 13.0. The summed E-state index contributed by atoms with van der Waals surface area (Å²) in [6.45, 7) is 0. The van der Waals surface area contributed by atoms with Gasteiger partial charge in [0.2, 0.25) is 0 Å². The van der Waals surface area contributed by atoms with E-state index in [1.165, 1.54) is 24.3 Å². The summed E-state index contributed by atoms with van der Waals surface area (Å²) in [6.07, 6.45) is 0. The molecule has 0 radical (unpaired) electrons. The molecular weight excluding hydrogens is 256 g/mol. The van der Waals surface area contributed by atoms with Crippen molar-refractivity contribution >= 4 is 11.6 Å². The smallest absolute Gasteiger partial charge is 0.128 e. The molecule has 0 fully saturated rings. The van der Waals surface area contributed by atoms with Crippen molar-refractivity contribution in [3.8, 4) is 0 Å². The first-order valence-corrected chi connectivity index (χ1v) is 5.88. The molecule has 0 aromatic heterocycles. The molecule has 0 bridgehead atoms. The standard InChI is InChI=1S/C14H12ClF2N/c1-18-14(10-4-2-3-5-12(10)16)11-8-9(15)6-7-13(11)17/h2-8,14,18H,1H3. The quantitative estimate of drug-likeness (QED) is 0.889. The molecule has 18 heavy (non-hydrogen) atoms. The van der Waals surface area contributed by atoms with E-state index < -0.39 is 11.9 Å². The van der Waals surface area contributed by atoms with Crippen molar-refractivity contribution in [1.29, 1.82) is 0 Å². The molecule has 1 atom stereocenters. The van der Waals surface area contributed by atoms with E-state index >= 15 is 0 Å². The fraction of sp³-hybridized carbons (Fsp3) is 0.143. The molecule has 0 aliphatic rings. The molecule has 2 aromatic carbocycles. The van der Waals surface area contributed by atoms with E-state index in [0.717, 1.165) is 0 Å². The van der Waals surface area contributed by atoms with Crippen LogP contribution in [0.1, 0.15) is 17.2 Å². The minimum Gasteiger partial charge on any atom is -0.309 e. The van der Waals surface area contributed by atoms with Gasteiger partial charge in [-0.05, 0) is 31.3 Å². The third-order valence-electron chi connectivity index (χ3n) is 2.77. The van der Waals surface area contributed by atoms with E-state index in [1.807, 2.05) is 0 Å². The van der Waals surface area contributed by atoms with E-state index in [4.69, 9.17) is 11.6 Å². The summed E-state index contributed by atoms with van der Waals surface area (Å²) >= 11 is 5.86. The van der Waals surface area contributed by atoms with Gasteiger partial charge in [-0.2, -0.15) is 0 Å². The Morgan fingerprint density at radius 3 is 2.33 bits per heavy atom. The fourth-order valence-corrected chi connectivity index (χ4v) is 2.10. The van der Waals surface area contributed by atoms with Gasteiger partial charge in [0.1, 0.15) is 11.6 Å². The zero-order valence-corrected chi connectivity index (χ0v) is 10.5. The van der Waals surface area contributed by atoms with Gasteiger partial charge >= 0.3 is 0 Å². The molecule has 0 amide bonds. The Morgan fingerprint density at radius 2 is 1.67 bits per heavy atom. The fourth-order valence-electron chi connectivity index (χ4n) is 1.92. The largest absolute Gasteiger partial charge is 0.309 e. The summed E-state index contributed by atoms with van der Waals surface area (Å²) < 4.78 is 27.6. The summed E-state index contributed by atoms with van der Waals surface area (Å²) in [6, 6.07) is 9.97. The molecular formula is C14H12ClF2N. The lowest BCUT2D eigenvalue weighted by molar-refractivity contribution is 0.547. The van der Waals surface area contributed by atoms with Crippen LogP contribution in [0.5, 0.6) is 0 Å². The van der Waals surface area contributed by atoms with Crippen LogP contribution in [0, 0.1) is 11.6 Å². The second-order valence-corrected chi connectivity index (χ2v) is 4.35. The molecule has 0 spiro atoms. The van der Waals surface area contributed by atoms with Crippen molar-refractivity contribution in [2.45, 2.75) is 6.04 Å². The Bertz CT molecular complexity index is 557. The van der Waals surface area contributed by atoms with Crippen molar-refractivity contribution in [2.75, 3.05) is 7.05 Å². The molecule has 94 valence electrons. The lowest BCUT2D eigenvalue weighted by Gasteiger charge is -2.18. The minimum atomic E-state index is -0.565. The number of hydrogen-bond acceptors (Lipinski definition) is 1. The third-order valence-corrected chi connectivity index (χ3v) is 3.01. The second-order valence-electron chi connectivity index (χ2n) is 3.91. The van der Waals surface area contributed by atoms with Gasteiger partial charge in [0.05, 0.1) is 6.04 Å². The molecule has 1 nitrogen and oxygen atoms in total. The Hall–Kier alpha value is -1.45. The lowest BCUT2D eigenvalue weighted by Crippen LogP contribution is -2.20. The van der Waals surface area contributed by atoms with E-state index in [0.29, 0.717) is 16.1 Å². The highest BCUT2D eigenvalue weighted by atomic mass is 35.5. The Kier molecular flexibility index (Phi) is 3.94. The normalized spacial score (nSPS) is 12.4. The van der Waals surface area contributed by atoms with Crippen LogP contribution in [0.25, 0.3) is 0 Å². The molecule has 0 aliphatic carbocycles. The van der Waals surface area contributed by atoms with Crippen molar-refractivity contribution < 1.29 is 8.78 Å². The van der Waals surface area contributed by atoms with Gasteiger partial charge in [-0.1, -0.05) is 29.8 Å². The maximum absolute atomic E-state index is 13.8. The Balaban J connectivity index is 2.52. The molecule has 0 saturated heterocycles. The molecule has 0 saturated carbocycles. The van der Waals surface area contributed by atoms with Gasteiger partial charge < -0.3 is 5.32 Å². The monoisotopic (exact) mass is 267 g/mol. The zero-order chi connectivity index (χ0) is 13.1. The summed E-state index contributed by atoms with van der Waals surface area (Å²) in [5, 5.41) is 3.32. The number of nitrogens with one attached hydrogen (secondary N) is 1. The van der Waals surface area contributed by atoms with Gasteiger partial charge in [0, 0.05) is 16.1 Å². The SMILES string of the molecule is CNC(c1ccccc1F)c1cc(Cl)ccc1F. The second kappa shape index (κ2) is 5.46. The van der Waals surface area contributed by atoms with Crippen molar-refractivity contribution in [2.24, 2.45) is 0 Å². The first-order valence-electron chi connectivity index (χ1n) is 5.50. The lowest BCUT2D eigenvalue weighted by atomic mass is 9.98. The summed E-state index contributed by atoms with van der Waals surface area (Å²) in [5.41, 5.74) is 0.719. The van der Waals surface area contributed by atoms with Crippen molar-refractivity contribution in [1.82, 2.24) is 5.32 Å². The highest BCUT2D eigenvalue weighted by molar-refractivity contribution is 6.30. The summed E-state index contributed by atoms with van der Waals surface area (Å²) in [7, 11) is 1.65. The third kappa shape index (κ3) is 2.52. The van der Waals surface area contributed by atoms with Crippen LogP contribution in [0.3, 0.4) is 0 Å². The van der Waals surface area contributed by atoms with Crippen LogP contribution in [-0.2, 0) is 0 Å². The van der Waals surface area contributed by atoms with Crippen LogP contribution in [0.15, 0.2) is 42.5 Å². The number of benzene rings is 2. The zero-order valence-electron chi connectivity index (χ0n) is 9.75. The van der Waals surface area contributed by atoms with Gasteiger partial charge in [-0.15, -0.1) is 0 Å². The van der Waals surface area contributed by atoms with Crippen LogP contribution < -0.4 is 5.32 Å². The molecule has 1 N–H and O–H groups in total. The number of halogens is 3. The van der Waals surface area contributed by atoms with Crippen LogP contribution in [-0.4, -0.2) is 7.05 Å². The molecule has 1 unspecified atom stereocenters. The average Bonchev–Trinajstić information content (AvgIpc) is 2.36. The predicted octanol–water partition coefficient (Wildman–Crippen LogP) is 3.93. The van der Waals surface area contributed by atoms with Gasteiger partial charge in [0.15, 0.2) is 0 Å². The minimum absolute atomic E-state index is 0.329. The van der Waals surface area contributed by atoms with E-state index in [9.17, 15) is 8.78 Å². The Morgan fingerprint density at radius 1 is 1.00 bits per heavy atom. The summed E-state index contributed by atoms with van der Waals surface area (Å²) in [4.78, 5) is 0. The maximum Gasteiger partial charge on any atom is 0.128 e. The van der Waals surface area contributed by atoms with Gasteiger partial charge in [0.25, 0.3) is 0 Å². The molecule has 0 heterocycles. The molecule has 2 aromatic rings. The number of hydrogen-bond donors (Lipinski definition) is 1. The van der Waals surface area contributed by atoms with Crippen LogP contribution in [0.2, 0.25) is 5.02 Å². The van der Waals surface area contributed by atoms with E-state index in [-0.39, 0.29) is 5.82 Å². The highest BCUT2D eigenvalue weighted by Crippen LogP contribution is 2.28.